The van der Waals surface area contributed by atoms with Gasteiger partial charge in [-0.25, -0.2) is 24.6 Å². The van der Waals surface area contributed by atoms with Gasteiger partial charge in [0.05, 0.1) is 35.0 Å². The highest BCUT2D eigenvalue weighted by atomic mass is 19.4. The second-order valence-corrected chi connectivity index (χ2v) is 7.06. The maximum Gasteiger partial charge on any atom is 0.419 e. The Labute approximate surface area is 160 Å². The van der Waals surface area contributed by atoms with Crippen LogP contribution in [0, 0.1) is 6.92 Å². The Morgan fingerprint density at radius 3 is 2.39 bits per heavy atom. The van der Waals surface area contributed by atoms with Gasteiger partial charge in [-0.15, -0.1) is 0 Å². The zero-order chi connectivity index (χ0) is 20.5. The molecule has 1 atom stereocenters. The number of aromatic nitrogens is 6. The van der Waals surface area contributed by atoms with E-state index < -0.39 is 17.7 Å². The molecule has 0 saturated carbocycles. The van der Waals surface area contributed by atoms with Gasteiger partial charge in [0.25, 0.3) is 0 Å². The maximum absolute atomic E-state index is 13.4. The predicted octanol–water partition coefficient (Wildman–Crippen LogP) is 4.25. The van der Waals surface area contributed by atoms with Gasteiger partial charge in [-0.05, 0) is 24.8 Å². The molecule has 9 heteroatoms. The highest BCUT2D eigenvalue weighted by Gasteiger charge is 2.37. The van der Waals surface area contributed by atoms with Gasteiger partial charge in [0.2, 0.25) is 0 Å². The van der Waals surface area contributed by atoms with Crippen molar-refractivity contribution in [1.82, 2.24) is 29.7 Å². The smallest absolute Gasteiger partial charge is 0.243 e. The van der Waals surface area contributed by atoms with E-state index in [1.807, 2.05) is 13.8 Å². The van der Waals surface area contributed by atoms with E-state index in [1.165, 1.54) is 19.6 Å². The normalized spacial score (nSPS) is 13.1. The van der Waals surface area contributed by atoms with Crippen molar-refractivity contribution in [2.45, 2.75) is 52.1 Å². The first kappa shape index (κ1) is 19.9. The Bertz CT molecular complexity index is 964. The molecule has 0 aliphatic heterocycles. The predicted molar refractivity (Wildman–Crippen MR) is 97.1 cm³/mol. The summed E-state index contributed by atoms with van der Waals surface area (Å²) in [5.74, 6) is -0.268. The summed E-state index contributed by atoms with van der Waals surface area (Å²) in [5.41, 5.74) is 1.58. The lowest BCUT2D eigenvalue weighted by molar-refractivity contribution is -0.139. The van der Waals surface area contributed by atoms with Crippen molar-refractivity contribution < 1.29 is 13.2 Å². The van der Waals surface area contributed by atoms with Crippen LogP contribution >= 0.6 is 0 Å². The molecule has 0 aliphatic carbocycles. The number of alkyl halides is 3. The molecule has 0 fully saturated rings. The van der Waals surface area contributed by atoms with Crippen molar-refractivity contribution >= 4 is 0 Å². The minimum Gasteiger partial charge on any atom is -0.243 e. The lowest BCUT2D eigenvalue weighted by Gasteiger charge is -2.18. The fourth-order valence-electron chi connectivity index (χ4n) is 3.22. The SMILES string of the molecule is Cc1ncnc(C(C)Cc2cnn(-c3cncnc3C(C)C)c2)c1C(F)(F)F. The summed E-state index contributed by atoms with van der Waals surface area (Å²) in [4.78, 5) is 16.0. The van der Waals surface area contributed by atoms with Gasteiger partial charge in [-0.1, -0.05) is 20.8 Å². The standard InChI is InChI=1S/C19H21F3N6/c1-11(2)17-15(7-23-9-25-17)28-8-14(6-27-28)5-12(3)18-16(19(20,21)22)13(4)24-10-26-18/h6-12H,5H2,1-4H3. The van der Waals surface area contributed by atoms with E-state index in [4.69, 9.17) is 0 Å². The summed E-state index contributed by atoms with van der Waals surface area (Å²) in [6.07, 6.45) is 3.66. The summed E-state index contributed by atoms with van der Waals surface area (Å²) < 4.78 is 42.0. The van der Waals surface area contributed by atoms with Crippen LogP contribution < -0.4 is 0 Å². The number of aryl methyl sites for hydroxylation is 1. The van der Waals surface area contributed by atoms with Gasteiger partial charge < -0.3 is 0 Å². The average Bonchev–Trinajstić information content (AvgIpc) is 3.08. The number of rotatable bonds is 5. The van der Waals surface area contributed by atoms with Crippen LogP contribution in [0.3, 0.4) is 0 Å². The lowest BCUT2D eigenvalue weighted by Crippen LogP contribution is -2.17. The Morgan fingerprint density at radius 1 is 1.00 bits per heavy atom. The second kappa shape index (κ2) is 7.65. The Kier molecular flexibility index (Phi) is 5.44. The van der Waals surface area contributed by atoms with Crippen LogP contribution in [-0.4, -0.2) is 29.7 Å². The molecule has 0 amide bonds. The third kappa shape index (κ3) is 4.02. The van der Waals surface area contributed by atoms with Crippen molar-refractivity contribution in [2.75, 3.05) is 0 Å². The van der Waals surface area contributed by atoms with Gasteiger partial charge in [0.1, 0.15) is 18.3 Å². The van der Waals surface area contributed by atoms with Crippen molar-refractivity contribution in [3.8, 4) is 5.69 Å². The zero-order valence-corrected chi connectivity index (χ0v) is 16.1. The molecule has 28 heavy (non-hydrogen) atoms. The summed E-state index contributed by atoms with van der Waals surface area (Å²) in [6.45, 7) is 7.12. The molecule has 0 aromatic carbocycles. The maximum atomic E-state index is 13.4. The molecular formula is C19H21F3N6. The molecular weight excluding hydrogens is 369 g/mol. The van der Waals surface area contributed by atoms with E-state index in [9.17, 15) is 13.2 Å². The number of halogens is 3. The number of nitrogens with zero attached hydrogens (tertiary/aromatic N) is 6. The molecule has 3 heterocycles. The summed E-state index contributed by atoms with van der Waals surface area (Å²) in [5, 5.41) is 4.35. The van der Waals surface area contributed by atoms with E-state index in [0.29, 0.717) is 6.42 Å². The fraction of sp³-hybridized carbons (Fsp3) is 0.421. The topological polar surface area (TPSA) is 69.4 Å². The van der Waals surface area contributed by atoms with Crippen LogP contribution in [0.5, 0.6) is 0 Å². The molecule has 148 valence electrons. The van der Waals surface area contributed by atoms with E-state index in [1.54, 1.807) is 30.2 Å². The average molecular weight is 390 g/mol. The quantitative estimate of drug-likeness (QED) is 0.651. The first-order valence-corrected chi connectivity index (χ1v) is 8.91. The van der Waals surface area contributed by atoms with Crippen LogP contribution in [0.15, 0.2) is 31.2 Å². The Hall–Kier alpha value is -2.84. The minimum atomic E-state index is -4.49. The third-order valence-electron chi connectivity index (χ3n) is 4.51. The van der Waals surface area contributed by atoms with Crippen molar-refractivity contribution in [2.24, 2.45) is 0 Å². The molecule has 0 spiro atoms. The second-order valence-electron chi connectivity index (χ2n) is 7.06. The molecule has 0 N–H and O–H groups in total. The molecule has 0 aliphatic rings. The van der Waals surface area contributed by atoms with Gasteiger partial charge >= 0.3 is 6.18 Å². The minimum absolute atomic E-state index is 0.00124. The fourth-order valence-corrected chi connectivity index (χ4v) is 3.22. The van der Waals surface area contributed by atoms with Crippen molar-refractivity contribution in [3.63, 3.8) is 0 Å². The monoisotopic (exact) mass is 390 g/mol. The third-order valence-corrected chi connectivity index (χ3v) is 4.51. The molecule has 3 aromatic heterocycles. The summed E-state index contributed by atoms with van der Waals surface area (Å²) in [7, 11) is 0. The van der Waals surface area contributed by atoms with Crippen LogP contribution in [0.25, 0.3) is 5.69 Å². The molecule has 3 rings (SSSR count). The molecule has 0 saturated heterocycles. The highest BCUT2D eigenvalue weighted by molar-refractivity contribution is 5.36. The Balaban J connectivity index is 1.89. The number of hydrogen-bond acceptors (Lipinski definition) is 5. The summed E-state index contributed by atoms with van der Waals surface area (Å²) in [6, 6.07) is 0. The van der Waals surface area contributed by atoms with E-state index in [0.717, 1.165) is 16.9 Å². The van der Waals surface area contributed by atoms with Crippen LogP contribution in [0.2, 0.25) is 0 Å². The Morgan fingerprint density at radius 2 is 1.71 bits per heavy atom. The molecule has 1 unspecified atom stereocenters. The summed E-state index contributed by atoms with van der Waals surface area (Å²) >= 11 is 0. The van der Waals surface area contributed by atoms with E-state index >= 15 is 0 Å². The highest BCUT2D eigenvalue weighted by Crippen LogP contribution is 2.36. The van der Waals surface area contributed by atoms with E-state index in [2.05, 4.69) is 25.0 Å². The first-order chi connectivity index (χ1) is 13.2. The molecule has 6 nitrogen and oxygen atoms in total. The molecule has 0 bridgehead atoms. The van der Waals surface area contributed by atoms with Gasteiger partial charge in [-0.2, -0.15) is 18.3 Å². The van der Waals surface area contributed by atoms with Crippen molar-refractivity contribution in [1.29, 1.82) is 0 Å². The van der Waals surface area contributed by atoms with Crippen LogP contribution in [-0.2, 0) is 12.6 Å². The number of hydrogen-bond donors (Lipinski definition) is 0. The van der Waals surface area contributed by atoms with Crippen LogP contribution in [0.1, 0.15) is 60.8 Å². The van der Waals surface area contributed by atoms with Gasteiger partial charge in [0, 0.05) is 12.1 Å². The zero-order valence-electron chi connectivity index (χ0n) is 16.1. The largest absolute Gasteiger partial charge is 0.419 e. The van der Waals surface area contributed by atoms with Gasteiger partial charge in [0.15, 0.2) is 0 Å². The molecule has 0 radical (unpaired) electrons. The first-order valence-electron chi connectivity index (χ1n) is 8.91. The molecule has 3 aromatic rings. The van der Waals surface area contributed by atoms with Gasteiger partial charge in [-0.3, -0.25) is 0 Å². The van der Waals surface area contributed by atoms with E-state index in [-0.39, 0.29) is 17.3 Å². The lowest BCUT2D eigenvalue weighted by atomic mass is 9.95. The van der Waals surface area contributed by atoms with Crippen molar-refractivity contribution in [3.05, 3.63) is 59.5 Å². The van der Waals surface area contributed by atoms with Crippen LogP contribution in [0.4, 0.5) is 13.2 Å².